The molecule has 0 unspecified atom stereocenters. The molecule has 1 N–H and O–H groups in total. The monoisotopic (exact) mass is 346 g/mol. The minimum absolute atomic E-state index is 0.364. The van der Waals surface area contributed by atoms with Crippen LogP contribution in [0.15, 0.2) is 22.7 Å². The van der Waals surface area contributed by atoms with Crippen LogP contribution in [0.2, 0.25) is 0 Å². The number of ether oxygens (including phenoxy) is 2. The number of benzene rings is 1. The van der Waals surface area contributed by atoms with E-state index in [1.807, 2.05) is 25.1 Å². The molecule has 0 radical (unpaired) electrons. The molecule has 2 aromatic rings. The lowest BCUT2D eigenvalue weighted by molar-refractivity contribution is 0.201. The van der Waals surface area contributed by atoms with Gasteiger partial charge in [-0.2, -0.15) is 4.98 Å². The number of anilines is 1. The zero-order valence-corrected chi connectivity index (χ0v) is 15.1. The van der Waals surface area contributed by atoms with Crippen molar-refractivity contribution in [3.05, 3.63) is 29.9 Å². The van der Waals surface area contributed by atoms with Gasteiger partial charge in [0, 0.05) is 42.9 Å². The van der Waals surface area contributed by atoms with Gasteiger partial charge in [0.2, 0.25) is 5.89 Å². The summed E-state index contributed by atoms with van der Waals surface area (Å²) in [6.45, 7) is 4.73. The minimum atomic E-state index is 0.364. The fraction of sp³-hybridized carbons (Fsp3) is 0.556. The number of methoxy groups -OCH3 is 2. The lowest BCUT2D eigenvalue weighted by atomic mass is 10.1. The van der Waals surface area contributed by atoms with Crippen molar-refractivity contribution in [2.45, 2.75) is 38.8 Å². The molecule has 7 heteroatoms. The van der Waals surface area contributed by atoms with E-state index in [4.69, 9.17) is 14.0 Å². The van der Waals surface area contributed by atoms with Gasteiger partial charge in [-0.25, -0.2) is 0 Å². The Morgan fingerprint density at radius 3 is 2.64 bits per heavy atom. The Balaban J connectivity index is 1.61. The molecule has 0 saturated carbocycles. The van der Waals surface area contributed by atoms with Crippen LogP contribution in [-0.2, 0) is 13.0 Å². The topological polar surface area (TPSA) is 72.7 Å². The molecule has 0 spiro atoms. The Morgan fingerprint density at radius 2 is 2.00 bits per heavy atom. The zero-order valence-electron chi connectivity index (χ0n) is 15.1. The molecule has 1 aliphatic rings. The Labute approximate surface area is 148 Å². The normalized spacial score (nSPS) is 18.1. The Kier molecular flexibility index (Phi) is 5.75. The Morgan fingerprint density at radius 1 is 1.24 bits per heavy atom. The second-order valence-corrected chi connectivity index (χ2v) is 6.28. The Hall–Kier alpha value is -2.28. The summed E-state index contributed by atoms with van der Waals surface area (Å²) < 4.78 is 15.9. The van der Waals surface area contributed by atoms with Gasteiger partial charge in [0.05, 0.1) is 20.8 Å². The van der Waals surface area contributed by atoms with Crippen LogP contribution in [0.4, 0.5) is 5.69 Å². The molecule has 1 aliphatic heterocycles. The van der Waals surface area contributed by atoms with Crippen LogP contribution >= 0.6 is 0 Å². The maximum absolute atomic E-state index is 5.34. The first-order valence-electron chi connectivity index (χ1n) is 8.73. The molecule has 1 aromatic carbocycles. The van der Waals surface area contributed by atoms with Gasteiger partial charge in [-0.05, 0) is 19.4 Å². The number of nitrogens with zero attached hydrogens (tertiary/aromatic N) is 3. The SMILES string of the molecule is CCc1nc(CN2CCC[C@H](Nc3cc(OC)cc(OC)c3)C2)no1. The standard InChI is InChI=1S/C18H26N4O3/c1-4-18-20-17(21-25-18)12-22-7-5-6-13(11-22)19-14-8-15(23-2)10-16(9-14)24-3/h8-10,13,19H,4-7,11-12H2,1-3H3/t13-/m0/s1. The molecule has 3 rings (SSSR count). The largest absolute Gasteiger partial charge is 0.497 e. The van der Waals surface area contributed by atoms with Gasteiger partial charge in [0.1, 0.15) is 11.5 Å². The van der Waals surface area contributed by atoms with Crippen LogP contribution in [-0.4, -0.2) is 48.4 Å². The second kappa shape index (κ2) is 8.20. The summed E-state index contributed by atoms with van der Waals surface area (Å²) in [7, 11) is 3.33. The van der Waals surface area contributed by atoms with Crippen LogP contribution < -0.4 is 14.8 Å². The molecule has 1 fully saturated rings. The highest BCUT2D eigenvalue weighted by atomic mass is 16.5. The van der Waals surface area contributed by atoms with Gasteiger partial charge in [0.25, 0.3) is 0 Å². The number of aryl methyl sites for hydroxylation is 1. The number of rotatable bonds is 7. The molecule has 0 aliphatic carbocycles. The van der Waals surface area contributed by atoms with Crippen molar-refractivity contribution in [3.63, 3.8) is 0 Å². The third-order valence-corrected chi connectivity index (χ3v) is 4.41. The summed E-state index contributed by atoms with van der Waals surface area (Å²) in [6.07, 6.45) is 3.04. The predicted octanol–water partition coefficient (Wildman–Crippen LogP) is 2.73. The van der Waals surface area contributed by atoms with Crippen molar-refractivity contribution >= 4 is 5.69 Å². The smallest absolute Gasteiger partial charge is 0.226 e. The van der Waals surface area contributed by atoms with Gasteiger partial charge >= 0.3 is 0 Å². The molecule has 0 bridgehead atoms. The van der Waals surface area contributed by atoms with E-state index in [9.17, 15) is 0 Å². The summed E-state index contributed by atoms with van der Waals surface area (Å²) >= 11 is 0. The highest BCUT2D eigenvalue weighted by molar-refractivity contribution is 5.54. The fourth-order valence-electron chi connectivity index (χ4n) is 3.14. The predicted molar refractivity (Wildman–Crippen MR) is 95.1 cm³/mol. The molecule has 2 heterocycles. The molecule has 1 atom stereocenters. The van der Waals surface area contributed by atoms with E-state index in [-0.39, 0.29) is 0 Å². The van der Waals surface area contributed by atoms with Crippen molar-refractivity contribution in [3.8, 4) is 11.5 Å². The van der Waals surface area contributed by atoms with E-state index < -0.39 is 0 Å². The van der Waals surface area contributed by atoms with Crippen molar-refractivity contribution in [2.24, 2.45) is 0 Å². The quantitative estimate of drug-likeness (QED) is 0.826. The Bertz CT molecular complexity index is 666. The molecular weight excluding hydrogens is 320 g/mol. The van der Waals surface area contributed by atoms with Crippen molar-refractivity contribution < 1.29 is 14.0 Å². The van der Waals surface area contributed by atoms with E-state index in [1.165, 1.54) is 0 Å². The van der Waals surface area contributed by atoms with Gasteiger partial charge in [-0.3, -0.25) is 4.90 Å². The molecule has 0 amide bonds. The highest BCUT2D eigenvalue weighted by Crippen LogP contribution is 2.27. The van der Waals surface area contributed by atoms with Crippen LogP contribution in [0.1, 0.15) is 31.5 Å². The van der Waals surface area contributed by atoms with E-state index in [2.05, 4.69) is 20.4 Å². The number of nitrogens with one attached hydrogen (secondary N) is 1. The highest BCUT2D eigenvalue weighted by Gasteiger charge is 2.21. The van der Waals surface area contributed by atoms with E-state index in [1.54, 1.807) is 14.2 Å². The third kappa shape index (κ3) is 4.63. The lowest BCUT2D eigenvalue weighted by Crippen LogP contribution is -2.41. The van der Waals surface area contributed by atoms with Gasteiger partial charge in [-0.1, -0.05) is 12.1 Å². The average Bonchev–Trinajstić information content (AvgIpc) is 3.09. The fourth-order valence-corrected chi connectivity index (χ4v) is 3.14. The van der Waals surface area contributed by atoms with Crippen molar-refractivity contribution in [1.82, 2.24) is 15.0 Å². The minimum Gasteiger partial charge on any atom is -0.497 e. The van der Waals surface area contributed by atoms with Gasteiger partial charge in [0.15, 0.2) is 5.82 Å². The van der Waals surface area contributed by atoms with Crippen LogP contribution in [0.25, 0.3) is 0 Å². The average molecular weight is 346 g/mol. The van der Waals surface area contributed by atoms with Gasteiger partial charge < -0.3 is 19.3 Å². The van der Waals surface area contributed by atoms with Crippen LogP contribution in [0.5, 0.6) is 11.5 Å². The molecule has 25 heavy (non-hydrogen) atoms. The summed E-state index contributed by atoms with van der Waals surface area (Å²) in [5.41, 5.74) is 1.01. The van der Waals surface area contributed by atoms with E-state index in [0.717, 1.165) is 61.9 Å². The van der Waals surface area contributed by atoms with E-state index >= 15 is 0 Å². The van der Waals surface area contributed by atoms with Crippen molar-refractivity contribution in [2.75, 3.05) is 32.6 Å². The maximum atomic E-state index is 5.34. The van der Waals surface area contributed by atoms with E-state index in [0.29, 0.717) is 11.9 Å². The molecular formula is C18H26N4O3. The maximum Gasteiger partial charge on any atom is 0.226 e. The van der Waals surface area contributed by atoms with Crippen LogP contribution in [0.3, 0.4) is 0 Å². The first-order valence-corrected chi connectivity index (χ1v) is 8.73. The molecule has 1 aromatic heterocycles. The summed E-state index contributed by atoms with van der Waals surface area (Å²) in [5.74, 6) is 3.03. The molecule has 1 saturated heterocycles. The first kappa shape index (κ1) is 17.5. The first-order chi connectivity index (χ1) is 12.2. The molecule has 136 valence electrons. The number of aromatic nitrogens is 2. The number of piperidine rings is 1. The number of hydrogen-bond donors (Lipinski definition) is 1. The zero-order chi connectivity index (χ0) is 17.6. The van der Waals surface area contributed by atoms with Crippen LogP contribution in [0, 0.1) is 0 Å². The lowest BCUT2D eigenvalue weighted by Gasteiger charge is -2.33. The number of hydrogen-bond acceptors (Lipinski definition) is 7. The summed E-state index contributed by atoms with van der Waals surface area (Å²) in [6, 6.07) is 6.23. The number of likely N-dealkylation sites (tertiary alicyclic amines) is 1. The summed E-state index contributed by atoms with van der Waals surface area (Å²) in [4.78, 5) is 6.77. The molecule has 7 nitrogen and oxygen atoms in total. The second-order valence-electron chi connectivity index (χ2n) is 6.28. The third-order valence-electron chi connectivity index (χ3n) is 4.41. The summed E-state index contributed by atoms with van der Waals surface area (Å²) in [5, 5.41) is 7.65. The van der Waals surface area contributed by atoms with Gasteiger partial charge in [-0.15, -0.1) is 0 Å². The van der Waals surface area contributed by atoms with Crippen molar-refractivity contribution in [1.29, 1.82) is 0 Å².